The molecule has 0 spiro atoms. The Hall–Kier alpha value is -0.770. The smallest absolute Gasteiger partial charge is 0.137 e. The quantitative estimate of drug-likeness (QED) is 0.833. The maximum Gasteiger partial charge on any atom is 0.137 e. The van der Waals surface area contributed by atoms with Crippen molar-refractivity contribution in [2.45, 2.75) is 25.0 Å². The van der Waals surface area contributed by atoms with Gasteiger partial charge in [-0.2, -0.15) is 0 Å². The molecule has 2 aliphatic heterocycles. The SMILES string of the molecule is COc1ccc2c(c1Cl)CO[C@@]1(C)CNC[C@H]21. The van der Waals surface area contributed by atoms with Gasteiger partial charge in [0, 0.05) is 24.6 Å². The van der Waals surface area contributed by atoms with E-state index in [2.05, 4.69) is 18.3 Å². The van der Waals surface area contributed by atoms with Gasteiger partial charge in [0.2, 0.25) is 0 Å². The highest BCUT2D eigenvalue weighted by molar-refractivity contribution is 6.33. The van der Waals surface area contributed by atoms with E-state index in [1.165, 1.54) is 5.56 Å². The number of benzene rings is 1. The van der Waals surface area contributed by atoms with E-state index in [9.17, 15) is 0 Å². The van der Waals surface area contributed by atoms with Crippen LogP contribution in [-0.4, -0.2) is 25.8 Å². The number of halogens is 1. The molecule has 17 heavy (non-hydrogen) atoms. The summed E-state index contributed by atoms with van der Waals surface area (Å²) < 4.78 is 11.2. The molecule has 1 saturated heterocycles. The number of rotatable bonds is 1. The van der Waals surface area contributed by atoms with Crippen molar-refractivity contribution in [3.63, 3.8) is 0 Å². The lowest BCUT2D eigenvalue weighted by atomic mass is 9.81. The van der Waals surface area contributed by atoms with Gasteiger partial charge in [-0.3, -0.25) is 0 Å². The van der Waals surface area contributed by atoms with Crippen molar-refractivity contribution in [2.75, 3.05) is 20.2 Å². The van der Waals surface area contributed by atoms with E-state index >= 15 is 0 Å². The summed E-state index contributed by atoms with van der Waals surface area (Å²) in [5.41, 5.74) is 2.29. The number of nitrogens with one attached hydrogen (secondary N) is 1. The zero-order valence-electron chi connectivity index (χ0n) is 10.0. The van der Waals surface area contributed by atoms with Crippen LogP contribution in [0.3, 0.4) is 0 Å². The minimum absolute atomic E-state index is 0.0923. The molecule has 3 rings (SSSR count). The predicted octanol–water partition coefficient (Wildman–Crippen LogP) is 2.32. The molecule has 1 fully saturated rings. The lowest BCUT2D eigenvalue weighted by Crippen LogP contribution is -2.39. The van der Waals surface area contributed by atoms with Gasteiger partial charge in [-0.1, -0.05) is 17.7 Å². The molecular formula is C13H16ClNO2. The van der Waals surface area contributed by atoms with Crippen molar-refractivity contribution >= 4 is 11.6 Å². The van der Waals surface area contributed by atoms with Crippen molar-refractivity contribution in [3.05, 3.63) is 28.3 Å². The Labute approximate surface area is 106 Å². The summed E-state index contributed by atoms with van der Waals surface area (Å²) in [5, 5.41) is 4.09. The van der Waals surface area contributed by atoms with E-state index in [0.29, 0.717) is 17.5 Å². The van der Waals surface area contributed by atoms with Crippen LogP contribution in [0.4, 0.5) is 0 Å². The van der Waals surface area contributed by atoms with Crippen molar-refractivity contribution in [1.82, 2.24) is 5.32 Å². The van der Waals surface area contributed by atoms with Gasteiger partial charge in [0.15, 0.2) is 0 Å². The molecule has 1 N–H and O–H groups in total. The first-order valence-corrected chi connectivity index (χ1v) is 6.23. The monoisotopic (exact) mass is 253 g/mol. The molecule has 0 radical (unpaired) electrons. The van der Waals surface area contributed by atoms with Gasteiger partial charge in [-0.25, -0.2) is 0 Å². The van der Waals surface area contributed by atoms with Gasteiger partial charge in [-0.05, 0) is 18.6 Å². The summed E-state index contributed by atoms with van der Waals surface area (Å²) >= 11 is 6.34. The van der Waals surface area contributed by atoms with Gasteiger partial charge < -0.3 is 14.8 Å². The maximum atomic E-state index is 6.34. The van der Waals surface area contributed by atoms with Crippen LogP contribution in [0.2, 0.25) is 5.02 Å². The zero-order valence-corrected chi connectivity index (χ0v) is 10.8. The molecule has 3 nitrogen and oxygen atoms in total. The van der Waals surface area contributed by atoms with E-state index in [1.54, 1.807) is 7.11 Å². The van der Waals surface area contributed by atoms with Crippen molar-refractivity contribution in [3.8, 4) is 5.75 Å². The van der Waals surface area contributed by atoms with Crippen molar-refractivity contribution in [1.29, 1.82) is 0 Å². The summed E-state index contributed by atoms with van der Waals surface area (Å²) in [7, 11) is 1.64. The molecule has 2 aliphatic rings. The first-order chi connectivity index (χ1) is 8.15. The van der Waals surface area contributed by atoms with Crippen LogP contribution in [0.15, 0.2) is 12.1 Å². The van der Waals surface area contributed by atoms with E-state index in [0.717, 1.165) is 24.4 Å². The third-order valence-electron chi connectivity index (χ3n) is 3.95. The van der Waals surface area contributed by atoms with Crippen LogP contribution in [0.1, 0.15) is 24.0 Å². The fourth-order valence-corrected chi connectivity index (χ4v) is 3.18. The minimum atomic E-state index is -0.0923. The molecule has 4 heteroatoms. The molecule has 1 aromatic carbocycles. The molecule has 2 atom stereocenters. The van der Waals surface area contributed by atoms with Gasteiger partial charge in [0.1, 0.15) is 5.75 Å². The molecule has 0 aromatic heterocycles. The predicted molar refractivity (Wildman–Crippen MR) is 66.8 cm³/mol. The van der Waals surface area contributed by atoms with Crippen LogP contribution in [0, 0.1) is 0 Å². The van der Waals surface area contributed by atoms with Crippen LogP contribution in [-0.2, 0) is 11.3 Å². The normalized spacial score (nSPS) is 30.9. The van der Waals surface area contributed by atoms with E-state index in [-0.39, 0.29) is 5.60 Å². The highest BCUT2D eigenvalue weighted by atomic mass is 35.5. The Bertz CT molecular complexity index is 463. The molecule has 0 aliphatic carbocycles. The molecular weight excluding hydrogens is 238 g/mol. The summed E-state index contributed by atoms with van der Waals surface area (Å²) in [6.07, 6.45) is 0. The third-order valence-corrected chi connectivity index (χ3v) is 4.36. The standard InChI is InChI=1S/C13H16ClNO2/c1-13-7-15-5-10(13)8-3-4-11(16-2)12(14)9(8)6-17-13/h3-4,10,15H,5-7H2,1-2H3/t10-,13+/m1/s1. The lowest BCUT2D eigenvalue weighted by molar-refractivity contribution is -0.0517. The molecule has 0 amide bonds. The van der Waals surface area contributed by atoms with Crippen LogP contribution < -0.4 is 10.1 Å². The van der Waals surface area contributed by atoms with Crippen LogP contribution >= 0.6 is 11.6 Å². The maximum absolute atomic E-state index is 6.34. The average Bonchev–Trinajstić information content (AvgIpc) is 2.71. The zero-order chi connectivity index (χ0) is 12.0. The number of hydrogen-bond acceptors (Lipinski definition) is 3. The number of hydrogen-bond donors (Lipinski definition) is 1. The Morgan fingerprint density at radius 2 is 2.35 bits per heavy atom. The summed E-state index contributed by atoms with van der Waals surface area (Å²) in [6, 6.07) is 4.07. The van der Waals surface area contributed by atoms with Crippen molar-refractivity contribution < 1.29 is 9.47 Å². The van der Waals surface area contributed by atoms with Crippen molar-refractivity contribution in [2.24, 2.45) is 0 Å². The van der Waals surface area contributed by atoms with E-state index in [4.69, 9.17) is 21.1 Å². The van der Waals surface area contributed by atoms with Gasteiger partial charge in [0.25, 0.3) is 0 Å². The summed E-state index contributed by atoms with van der Waals surface area (Å²) in [4.78, 5) is 0. The Morgan fingerprint density at radius 1 is 1.53 bits per heavy atom. The first-order valence-electron chi connectivity index (χ1n) is 5.85. The molecule has 2 heterocycles. The second-order valence-electron chi connectivity index (χ2n) is 4.93. The Kier molecular flexibility index (Phi) is 2.58. The third kappa shape index (κ3) is 1.57. The second-order valence-corrected chi connectivity index (χ2v) is 5.31. The van der Waals surface area contributed by atoms with E-state index < -0.39 is 0 Å². The number of fused-ring (bicyclic) bond motifs is 3. The summed E-state index contributed by atoms with van der Waals surface area (Å²) in [6.45, 7) is 4.59. The molecule has 1 aromatic rings. The Balaban J connectivity index is 2.11. The lowest BCUT2D eigenvalue weighted by Gasteiger charge is -2.37. The highest BCUT2D eigenvalue weighted by Crippen LogP contribution is 2.45. The number of methoxy groups -OCH3 is 1. The molecule has 0 saturated carbocycles. The fourth-order valence-electron chi connectivity index (χ4n) is 2.88. The van der Waals surface area contributed by atoms with E-state index in [1.807, 2.05) is 6.07 Å². The van der Waals surface area contributed by atoms with Gasteiger partial charge >= 0.3 is 0 Å². The average molecular weight is 254 g/mol. The fraction of sp³-hybridized carbons (Fsp3) is 0.538. The van der Waals surface area contributed by atoms with Gasteiger partial charge in [-0.15, -0.1) is 0 Å². The largest absolute Gasteiger partial charge is 0.495 e. The minimum Gasteiger partial charge on any atom is -0.495 e. The topological polar surface area (TPSA) is 30.5 Å². The summed E-state index contributed by atoms with van der Waals surface area (Å²) in [5.74, 6) is 1.11. The second kappa shape index (κ2) is 3.87. The molecule has 0 unspecified atom stereocenters. The molecule has 0 bridgehead atoms. The first kappa shape index (κ1) is 11.3. The Morgan fingerprint density at radius 3 is 3.12 bits per heavy atom. The molecule has 92 valence electrons. The van der Waals surface area contributed by atoms with Crippen LogP contribution in [0.5, 0.6) is 5.75 Å². The van der Waals surface area contributed by atoms with Crippen LogP contribution in [0.25, 0.3) is 0 Å². The van der Waals surface area contributed by atoms with Gasteiger partial charge in [0.05, 0.1) is 24.3 Å². The number of ether oxygens (including phenoxy) is 2. The highest BCUT2D eigenvalue weighted by Gasteiger charge is 2.45.